The fraction of sp³-hybridized carbons (Fsp3) is 0.591. The second kappa shape index (κ2) is 9.47. The summed E-state index contributed by atoms with van der Waals surface area (Å²) in [5.41, 5.74) is 1.68. The van der Waals surface area contributed by atoms with Gasteiger partial charge in [0.25, 0.3) is 0 Å². The van der Waals surface area contributed by atoms with E-state index in [9.17, 15) is 4.79 Å². The summed E-state index contributed by atoms with van der Waals surface area (Å²) in [6.45, 7) is 2.31. The second-order valence-electron chi connectivity index (χ2n) is 8.31. The fourth-order valence-corrected chi connectivity index (χ4v) is 4.14. The number of anilines is 1. The van der Waals surface area contributed by atoms with Crippen molar-refractivity contribution >= 4 is 11.7 Å². The number of hydrogen-bond acceptors (Lipinski definition) is 7. The predicted molar refractivity (Wildman–Crippen MR) is 114 cm³/mol. The molecule has 1 amide bonds. The summed E-state index contributed by atoms with van der Waals surface area (Å²) < 4.78 is 5.74. The predicted octanol–water partition coefficient (Wildman–Crippen LogP) is 2.66. The molecule has 2 aromatic heterocycles. The second-order valence-corrected chi connectivity index (χ2v) is 8.31. The van der Waals surface area contributed by atoms with Crippen LogP contribution in [0.15, 0.2) is 24.7 Å². The maximum absolute atomic E-state index is 12.7. The van der Waals surface area contributed by atoms with Gasteiger partial charge in [0.1, 0.15) is 11.5 Å². The van der Waals surface area contributed by atoms with E-state index in [0.29, 0.717) is 23.9 Å². The molecular weight excluding hydrogens is 380 g/mol. The highest BCUT2D eigenvalue weighted by atomic mass is 16.5. The van der Waals surface area contributed by atoms with E-state index in [0.717, 1.165) is 63.3 Å². The van der Waals surface area contributed by atoms with Crippen LogP contribution < -0.4 is 4.90 Å². The van der Waals surface area contributed by atoms with Gasteiger partial charge in [-0.25, -0.2) is 15.0 Å². The number of aromatic nitrogens is 4. The molecule has 8 heteroatoms. The van der Waals surface area contributed by atoms with Crippen LogP contribution in [0.25, 0.3) is 11.5 Å². The molecule has 0 N–H and O–H groups in total. The van der Waals surface area contributed by atoms with Crippen molar-refractivity contribution in [2.45, 2.75) is 50.5 Å². The third-order valence-corrected chi connectivity index (χ3v) is 5.93. The third kappa shape index (κ3) is 4.92. The summed E-state index contributed by atoms with van der Waals surface area (Å²) in [5, 5.41) is 0. The average Bonchev–Trinajstić information content (AvgIpc) is 2.80. The van der Waals surface area contributed by atoms with Crippen LogP contribution in [0.5, 0.6) is 0 Å². The normalized spacial score (nSPS) is 20.2. The van der Waals surface area contributed by atoms with Crippen LogP contribution in [-0.2, 0) is 9.53 Å². The number of ether oxygens (including phenoxy) is 1. The zero-order valence-corrected chi connectivity index (χ0v) is 17.8. The molecule has 4 rings (SSSR count). The molecule has 0 aromatic carbocycles. The Morgan fingerprint density at radius 2 is 2.00 bits per heavy atom. The SMILES string of the molecule is CN(C)c1cc(C2CCN(C(=O)C[C@@H]3CCCCO3)CC2)nc(-c2cnccn2)n1. The molecular formula is C22H30N6O2. The topological polar surface area (TPSA) is 84.3 Å². The minimum atomic E-state index is 0.100. The number of hydrogen-bond donors (Lipinski definition) is 0. The molecule has 2 aliphatic rings. The van der Waals surface area contributed by atoms with Crippen molar-refractivity contribution < 1.29 is 9.53 Å². The van der Waals surface area contributed by atoms with E-state index in [1.165, 1.54) is 0 Å². The minimum absolute atomic E-state index is 0.100. The van der Waals surface area contributed by atoms with Crippen molar-refractivity contribution in [3.05, 3.63) is 30.4 Å². The van der Waals surface area contributed by atoms with E-state index < -0.39 is 0 Å². The number of piperidine rings is 1. The number of carbonyl (C=O) groups is 1. The van der Waals surface area contributed by atoms with Crippen LogP contribution in [0.1, 0.15) is 50.1 Å². The van der Waals surface area contributed by atoms with Gasteiger partial charge in [0.2, 0.25) is 5.91 Å². The Kier molecular flexibility index (Phi) is 6.52. The van der Waals surface area contributed by atoms with Crippen LogP contribution in [0.2, 0.25) is 0 Å². The number of amides is 1. The zero-order chi connectivity index (χ0) is 20.9. The Balaban J connectivity index is 1.43. The first-order valence-corrected chi connectivity index (χ1v) is 10.8. The Hall–Kier alpha value is -2.61. The lowest BCUT2D eigenvalue weighted by molar-refractivity contribution is -0.136. The largest absolute Gasteiger partial charge is 0.378 e. The molecule has 8 nitrogen and oxygen atoms in total. The third-order valence-electron chi connectivity index (χ3n) is 5.93. The van der Waals surface area contributed by atoms with Crippen molar-refractivity contribution in [1.29, 1.82) is 0 Å². The van der Waals surface area contributed by atoms with Gasteiger partial charge in [-0.3, -0.25) is 9.78 Å². The number of rotatable bonds is 5. The lowest BCUT2D eigenvalue weighted by Gasteiger charge is -2.33. The van der Waals surface area contributed by atoms with E-state index in [1.807, 2.05) is 23.9 Å². The average molecular weight is 411 g/mol. The van der Waals surface area contributed by atoms with Gasteiger partial charge < -0.3 is 14.5 Å². The van der Waals surface area contributed by atoms with Crippen LogP contribution >= 0.6 is 0 Å². The molecule has 0 bridgehead atoms. The summed E-state index contributed by atoms with van der Waals surface area (Å²) in [4.78, 5) is 34.6. The van der Waals surface area contributed by atoms with Crippen molar-refractivity contribution in [3.63, 3.8) is 0 Å². The molecule has 0 unspecified atom stereocenters. The van der Waals surface area contributed by atoms with Crippen molar-refractivity contribution in [2.75, 3.05) is 38.7 Å². The lowest BCUT2D eigenvalue weighted by Crippen LogP contribution is -2.40. The molecule has 2 aliphatic heterocycles. The minimum Gasteiger partial charge on any atom is -0.378 e. The van der Waals surface area contributed by atoms with Gasteiger partial charge in [-0.05, 0) is 32.1 Å². The van der Waals surface area contributed by atoms with Gasteiger partial charge in [-0.1, -0.05) is 0 Å². The first kappa shape index (κ1) is 20.7. The monoisotopic (exact) mass is 410 g/mol. The maximum atomic E-state index is 12.7. The number of likely N-dealkylation sites (tertiary alicyclic amines) is 1. The zero-order valence-electron chi connectivity index (χ0n) is 17.8. The fourth-order valence-electron chi connectivity index (χ4n) is 4.14. The van der Waals surface area contributed by atoms with Gasteiger partial charge in [0.15, 0.2) is 5.82 Å². The van der Waals surface area contributed by atoms with E-state index >= 15 is 0 Å². The highest BCUT2D eigenvalue weighted by Gasteiger charge is 2.28. The summed E-state index contributed by atoms with van der Waals surface area (Å²) >= 11 is 0. The standard InChI is InChI=1S/C22H30N6O2/c1-27(2)20-14-18(25-22(26-20)19-15-23-8-9-24-19)16-6-10-28(11-7-16)21(29)13-17-5-3-4-12-30-17/h8-9,14-17H,3-7,10-13H2,1-2H3/t17-/m0/s1. The molecule has 1 atom stereocenters. The molecule has 0 radical (unpaired) electrons. The highest BCUT2D eigenvalue weighted by Crippen LogP contribution is 2.30. The van der Waals surface area contributed by atoms with Gasteiger partial charge in [0, 0.05) is 63.9 Å². The number of nitrogens with zero attached hydrogens (tertiary/aromatic N) is 6. The molecule has 160 valence electrons. The Bertz CT molecular complexity index is 846. The van der Waals surface area contributed by atoms with E-state index in [1.54, 1.807) is 18.6 Å². The maximum Gasteiger partial charge on any atom is 0.225 e. The van der Waals surface area contributed by atoms with Gasteiger partial charge >= 0.3 is 0 Å². The van der Waals surface area contributed by atoms with Crippen LogP contribution in [0.4, 0.5) is 5.82 Å². The summed E-state index contributed by atoms with van der Waals surface area (Å²) in [6, 6.07) is 2.05. The quantitative estimate of drug-likeness (QED) is 0.749. The Morgan fingerprint density at radius 3 is 2.67 bits per heavy atom. The first-order chi connectivity index (χ1) is 14.6. The molecule has 30 heavy (non-hydrogen) atoms. The summed E-state index contributed by atoms with van der Waals surface area (Å²) in [5.74, 6) is 1.97. The van der Waals surface area contributed by atoms with E-state index in [2.05, 4.69) is 21.0 Å². The first-order valence-electron chi connectivity index (χ1n) is 10.8. The molecule has 2 saturated heterocycles. The van der Waals surface area contributed by atoms with E-state index in [-0.39, 0.29) is 12.0 Å². The van der Waals surface area contributed by atoms with Crippen LogP contribution in [-0.4, -0.2) is 70.6 Å². The van der Waals surface area contributed by atoms with Crippen LogP contribution in [0.3, 0.4) is 0 Å². The molecule has 2 aromatic rings. The van der Waals surface area contributed by atoms with Gasteiger partial charge in [0.05, 0.1) is 18.7 Å². The Morgan fingerprint density at radius 1 is 1.17 bits per heavy atom. The molecule has 0 spiro atoms. The smallest absolute Gasteiger partial charge is 0.225 e. The van der Waals surface area contributed by atoms with Crippen molar-refractivity contribution in [1.82, 2.24) is 24.8 Å². The number of carbonyl (C=O) groups excluding carboxylic acids is 1. The van der Waals surface area contributed by atoms with Gasteiger partial charge in [-0.15, -0.1) is 0 Å². The van der Waals surface area contributed by atoms with Crippen molar-refractivity contribution in [3.8, 4) is 11.5 Å². The Labute approximate surface area is 177 Å². The lowest BCUT2D eigenvalue weighted by atomic mass is 9.92. The van der Waals surface area contributed by atoms with E-state index in [4.69, 9.17) is 9.72 Å². The molecule has 4 heterocycles. The van der Waals surface area contributed by atoms with Crippen LogP contribution in [0, 0.1) is 0 Å². The van der Waals surface area contributed by atoms with Crippen molar-refractivity contribution in [2.24, 2.45) is 0 Å². The summed E-state index contributed by atoms with van der Waals surface area (Å²) in [7, 11) is 3.95. The highest BCUT2D eigenvalue weighted by molar-refractivity contribution is 5.76. The molecule has 2 fully saturated rings. The molecule has 0 aliphatic carbocycles. The summed E-state index contributed by atoms with van der Waals surface area (Å²) in [6.07, 6.45) is 10.7. The van der Waals surface area contributed by atoms with Gasteiger partial charge in [-0.2, -0.15) is 0 Å². The molecule has 0 saturated carbocycles.